The zero-order valence-electron chi connectivity index (χ0n) is 12.1. The van der Waals surface area contributed by atoms with E-state index in [2.05, 4.69) is 19.2 Å². The minimum absolute atomic E-state index is 0.273. The fourth-order valence-corrected chi connectivity index (χ4v) is 4.94. The van der Waals surface area contributed by atoms with Crippen LogP contribution in [0.25, 0.3) is 0 Å². The van der Waals surface area contributed by atoms with Crippen molar-refractivity contribution >= 4 is 0 Å². The molecule has 2 atom stereocenters. The molecule has 0 aromatic heterocycles. The van der Waals surface area contributed by atoms with Gasteiger partial charge in [0.25, 0.3) is 0 Å². The molecule has 1 N–H and O–H groups in total. The minimum atomic E-state index is 0.273. The summed E-state index contributed by atoms with van der Waals surface area (Å²) in [5.41, 5.74) is 0.689. The maximum absolute atomic E-state index is 6.21. The second kappa shape index (κ2) is 4.79. The summed E-state index contributed by atoms with van der Waals surface area (Å²) >= 11 is 0. The molecule has 1 spiro atoms. The number of hydrogen-bond donors (Lipinski definition) is 1. The van der Waals surface area contributed by atoms with Gasteiger partial charge in [0.2, 0.25) is 0 Å². The summed E-state index contributed by atoms with van der Waals surface area (Å²) in [5.74, 6) is 1.59. The van der Waals surface area contributed by atoms with Crippen LogP contribution in [0.1, 0.15) is 65.2 Å². The molecule has 1 aliphatic carbocycles. The smallest absolute Gasteiger partial charge is 0.0685 e. The molecule has 2 nitrogen and oxygen atoms in total. The molecule has 1 saturated carbocycles. The lowest BCUT2D eigenvalue weighted by molar-refractivity contribution is -0.111. The third-order valence-electron chi connectivity index (χ3n) is 5.99. The van der Waals surface area contributed by atoms with E-state index in [-0.39, 0.29) is 5.60 Å². The van der Waals surface area contributed by atoms with Gasteiger partial charge in [-0.15, -0.1) is 0 Å². The molecule has 0 bridgehead atoms. The van der Waals surface area contributed by atoms with Gasteiger partial charge in [0, 0.05) is 12.1 Å². The van der Waals surface area contributed by atoms with Crippen molar-refractivity contribution in [2.24, 2.45) is 11.8 Å². The highest BCUT2D eigenvalue weighted by atomic mass is 16.5. The number of rotatable bonds is 2. The van der Waals surface area contributed by atoms with Gasteiger partial charge in [-0.05, 0) is 56.9 Å². The van der Waals surface area contributed by atoms with Crippen molar-refractivity contribution in [3.05, 3.63) is 0 Å². The Morgan fingerprint density at radius 1 is 1.11 bits per heavy atom. The van der Waals surface area contributed by atoms with Crippen LogP contribution in [0.15, 0.2) is 0 Å². The lowest BCUT2D eigenvalue weighted by atomic mass is 9.67. The Bertz CT molecular complexity index is 287. The average Bonchev–Trinajstić information content (AvgIpc) is 2.99. The van der Waals surface area contributed by atoms with E-state index in [0.717, 1.165) is 18.4 Å². The van der Waals surface area contributed by atoms with Crippen molar-refractivity contribution < 1.29 is 4.74 Å². The van der Waals surface area contributed by atoms with E-state index in [4.69, 9.17) is 4.74 Å². The average molecular weight is 251 g/mol. The van der Waals surface area contributed by atoms with Gasteiger partial charge in [0.05, 0.1) is 5.60 Å². The van der Waals surface area contributed by atoms with Crippen LogP contribution in [0.5, 0.6) is 0 Å². The Morgan fingerprint density at radius 3 is 2.50 bits per heavy atom. The number of hydrogen-bond acceptors (Lipinski definition) is 2. The Hall–Kier alpha value is -0.0800. The summed E-state index contributed by atoms with van der Waals surface area (Å²) in [6.45, 7) is 7.05. The van der Waals surface area contributed by atoms with Crippen LogP contribution in [0.4, 0.5) is 0 Å². The minimum Gasteiger partial charge on any atom is -0.375 e. The summed E-state index contributed by atoms with van der Waals surface area (Å²) in [6, 6.07) is 0. The van der Waals surface area contributed by atoms with E-state index in [1.54, 1.807) is 0 Å². The van der Waals surface area contributed by atoms with Crippen molar-refractivity contribution in [3.8, 4) is 0 Å². The molecule has 3 rings (SSSR count). The predicted molar refractivity (Wildman–Crippen MR) is 74.7 cm³/mol. The number of nitrogens with one attached hydrogen (secondary N) is 1. The van der Waals surface area contributed by atoms with Gasteiger partial charge < -0.3 is 10.1 Å². The largest absolute Gasteiger partial charge is 0.375 e. The third kappa shape index (κ3) is 2.02. The normalized spacial score (nSPS) is 39.8. The molecule has 2 saturated heterocycles. The maximum Gasteiger partial charge on any atom is 0.0685 e. The molecule has 2 unspecified atom stereocenters. The summed E-state index contributed by atoms with van der Waals surface area (Å²) < 4.78 is 6.21. The van der Waals surface area contributed by atoms with Crippen LogP contribution in [-0.2, 0) is 4.74 Å². The van der Waals surface area contributed by atoms with E-state index in [9.17, 15) is 0 Å². The molecule has 104 valence electrons. The number of ether oxygens (including phenoxy) is 1. The van der Waals surface area contributed by atoms with Crippen LogP contribution < -0.4 is 5.32 Å². The first-order valence-electron chi connectivity index (χ1n) is 8.06. The van der Waals surface area contributed by atoms with Crippen LogP contribution in [-0.4, -0.2) is 24.3 Å². The van der Waals surface area contributed by atoms with Crippen molar-refractivity contribution in [1.29, 1.82) is 0 Å². The SMILES string of the molecule is CC(C)C1(C2CCOC3(CCCC3)C2)CCCN1. The van der Waals surface area contributed by atoms with Gasteiger partial charge in [-0.2, -0.15) is 0 Å². The molecule has 0 aromatic carbocycles. The molecule has 0 amide bonds. The second-order valence-corrected chi connectivity index (χ2v) is 7.15. The highest BCUT2D eigenvalue weighted by Gasteiger charge is 2.49. The predicted octanol–water partition coefficient (Wildman–Crippen LogP) is 3.50. The van der Waals surface area contributed by atoms with Gasteiger partial charge in [0.15, 0.2) is 0 Å². The van der Waals surface area contributed by atoms with E-state index >= 15 is 0 Å². The third-order valence-corrected chi connectivity index (χ3v) is 5.99. The molecule has 2 heterocycles. The first kappa shape index (κ1) is 12.9. The molecule has 2 aliphatic heterocycles. The molecular weight excluding hydrogens is 222 g/mol. The quantitative estimate of drug-likeness (QED) is 0.811. The van der Waals surface area contributed by atoms with Gasteiger partial charge >= 0.3 is 0 Å². The lowest BCUT2D eigenvalue weighted by Crippen LogP contribution is -2.55. The van der Waals surface area contributed by atoms with Crippen LogP contribution in [0.3, 0.4) is 0 Å². The summed E-state index contributed by atoms with van der Waals surface area (Å²) in [7, 11) is 0. The molecule has 0 aromatic rings. The topological polar surface area (TPSA) is 21.3 Å². The Kier molecular flexibility index (Phi) is 3.44. The molecule has 18 heavy (non-hydrogen) atoms. The zero-order chi connectivity index (χ0) is 12.6. The van der Waals surface area contributed by atoms with Gasteiger partial charge in [-0.1, -0.05) is 26.7 Å². The summed E-state index contributed by atoms with van der Waals surface area (Å²) in [5, 5.41) is 3.89. The van der Waals surface area contributed by atoms with Crippen molar-refractivity contribution in [2.45, 2.75) is 76.4 Å². The fourth-order valence-electron chi connectivity index (χ4n) is 4.94. The molecular formula is C16H29NO. The fraction of sp³-hybridized carbons (Fsp3) is 1.00. The molecule has 2 heteroatoms. The van der Waals surface area contributed by atoms with Crippen molar-refractivity contribution in [3.63, 3.8) is 0 Å². The molecule has 0 radical (unpaired) electrons. The van der Waals surface area contributed by atoms with Gasteiger partial charge in [-0.25, -0.2) is 0 Å². The van der Waals surface area contributed by atoms with E-state index < -0.39 is 0 Å². The summed E-state index contributed by atoms with van der Waals surface area (Å²) in [4.78, 5) is 0. The van der Waals surface area contributed by atoms with Gasteiger partial charge in [-0.3, -0.25) is 0 Å². The summed E-state index contributed by atoms with van der Waals surface area (Å²) in [6.07, 6.45) is 10.7. The first-order valence-corrected chi connectivity index (χ1v) is 8.06. The standard InChI is InChI=1S/C16H29NO/c1-13(2)16(9-5-10-17-16)14-6-11-18-15(12-14)7-3-4-8-15/h13-14,17H,3-12H2,1-2H3. The first-order chi connectivity index (χ1) is 8.67. The zero-order valence-corrected chi connectivity index (χ0v) is 12.1. The van der Waals surface area contributed by atoms with Crippen molar-refractivity contribution in [2.75, 3.05) is 13.2 Å². The van der Waals surface area contributed by atoms with Crippen LogP contribution in [0, 0.1) is 11.8 Å². The van der Waals surface area contributed by atoms with Crippen LogP contribution in [0.2, 0.25) is 0 Å². The van der Waals surface area contributed by atoms with E-state index in [0.29, 0.717) is 5.54 Å². The molecule has 3 aliphatic rings. The lowest BCUT2D eigenvalue weighted by Gasteiger charge is -2.48. The van der Waals surface area contributed by atoms with Gasteiger partial charge in [0.1, 0.15) is 0 Å². The van der Waals surface area contributed by atoms with E-state index in [1.807, 2.05) is 0 Å². The Morgan fingerprint density at radius 2 is 1.89 bits per heavy atom. The Balaban J connectivity index is 1.78. The monoisotopic (exact) mass is 251 g/mol. The van der Waals surface area contributed by atoms with Crippen molar-refractivity contribution in [1.82, 2.24) is 5.32 Å². The van der Waals surface area contributed by atoms with Crippen LogP contribution >= 0.6 is 0 Å². The molecule has 3 fully saturated rings. The Labute approximate surface area is 112 Å². The highest BCUT2D eigenvalue weighted by molar-refractivity contribution is 5.05. The van der Waals surface area contributed by atoms with E-state index in [1.165, 1.54) is 57.9 Å². The maximum atomic E-state index is 6.21. The second-order valence-electron chi connectivity index (χ2n) is 7.15. The highest BCUT2D eigenvalue weighted by Crippen LogP contribution is 2.48.